The number of carbonyl (C=O) groups is 2. The van der Waals surface area contributed by atoms with E-state index in [1.807, 2.05) is 0 Å². The maximum Gasteiger partial charge on any atom is 0.295 e. The van der Waals surface area contributed by atoms with E-state index < -0.39 is 23.5 Å². The molecule has 0 bridgehead atoms. The number of nitrogens with zero attached hydrogens (tertiary/aromatic N) is 2. The van der Waals surface area contributed by atoms with Crippen LogP contribution in [-0.4, -0.2) is 32.7 Å². The summed E-state index contributed by atoms with van der Waals surface area (Å²) < 4.78 is 13.4. The summed E-state index contributed by atoms with van der Waals surface area (Å²) in [5, 5.41) is 10.8. The molecule has 1 atom stereocenters. The maximum atomic E-state index is 13.4. The molecule has 1 aromatic carbocycles. The van der Waals surface area contributed by atoms with E-state index in [-0.39, 0.29) is 17.4 Å². The summed E-state index contributed by atoms with van der Waals surface area (Å²) in [5.74, 6) is -1.94. The van der Waals surface area contributed by atoms with Gasteiger partial charge in [0, 0.05) is 24.0 Å². The van der Waals surface area contributed by atoms with Crippen molar-refractivity contribution in [2.24, 2.45) is 0 Å². The van der Waals surface area contributed by atoms with Crippen molar-refractivity contribution in [1.82, 2.24) is 9.88 Å². The lowest BCUT2D eigenvalue weighted by atomic mass is 9.95. The van der Waals surface area contributed by atoms with Gasteiger partial charge in [-0.25, -0.2) is 4.39 Å². The largest absolute Gasteiger partial charge is 0.507 e. The fourth-order valence-corrected chi connectivity index (χ4v) is 4.05. The molecule has 1 unspecified atom stereocenters. The highest BCUT2D eigenvalue weighted by atomic mass is 19.1. The van der Waals surface area contributed by atoms with E-state index >= 15 is 0 Å². The lowest BCUT2D eigenvalue weighted by molar-refractivity contribution is -0.141. The van der Waals surface area contributed by atoms with Crippen molar-refractivity contribution in [3.8, 4) is 0 Å². The third-order valence-electron chi connectivity index (χ3n) is 5.34. The highest BCUT2D eigenvalue weighted by Crippen LogP contribution is 2.43. The molecular formula is C21H19FN2O3. The first-order valence-electron chi connectivity index (χ1n) is 9.04. The predicted molar refractivity (Wildman–Crippen MR) is 97.0 cm³/mol. The smallest absolute Gasteiger partial charge is 0.295 e. The van der Waals surface area contributed by atoms with Crippen LogP contribution in [-0.2, 0) is 9.59 Å². The van der Waals surface area contributed by atoms with Gasteiger partial charge < -0.3 is 10.0 Å². The number of hydrogen-bond donors (Lipinski definition) is 1. The van der Waals surface area contributed by atoms with Gasteiger partial charge >= 0.3 is 0 Å². The average Bonchev–Trinajstić information content (AvgIpc) is 3.30. The van der Waals surface area contributed by atoms with E-state index in [9.17, 15) is 19.1 Å². The van der Waals surface area contributed by atoms with E-state index in [4.69, 9.17) is 0 Å². The Morgan fingerprint density at radius 3 is 2.30 bits per heavy atom. The van der Waals surface area contributed by atoms with Crippen LogP contribution in [0.3, 0.4) is 0 Å². The Kier molecular flexibility index (Phi) is 4.48. The molecule has 0 spiro atoms. The second-order valence-electron chi connectivity index (χ2n) is 6.93. The zero-order valence-corrected chi connectivity index (χ0v) is 14.6. The molecule has 138 valence electrons. The number of benzene rings is 1. The number of amides is 1. The molecule has 1 saturated carbocycles. The zero-order chi connectivity index (χ0) is 19.0. The molecule has 1 aromatic heterocycles. The van der Waals surface area contributed by atoms with Crippen molar-refractivity contribution >= 4 is 17.4 Å². The Bertz CT molecular complexity index is 903. The van der Waals surface area contributed by atoms with Crippen molar-refractivity contribution in [3.63, 3.8) is 0 Å². The van der Waals surface area contributed by atoms with Crippen LogP contribution >= 0.6 is 0 Å². The zero-order valence-electron chi connectivity index (χ0n) is 14.6. The van der Waals surface area contributed by atoms with Crippen LogP contribution in [0.15, 0.2) is 54.4 Å². The summed E-state index contributed by atoms with van der Waals surface area (Å²) >= 11 is 0. The summed E-state index contributed by atoms with van der Waals surface area (Å²) in [5.41, 5.74) is 1.07. The van der Waals surface area contributed by atoms with E-state index in [2.05, 4.69) is 4.98 Å². The minimum absolute atomic E-state index is 0.0460. The van der Waals surface area contributed by atoms with Crippen LogP contribution in [0.1, 0.15) is 42.9 Å². The molecule has 1 aliphatic heterocycles. The fraction of sp³-hybridized carbons (Fsp3) is 0.286. The highest BCUT2D eigenvalue weighted by molar-refractivity contribution is 6.46. The molecule has 27 heavy (non-hydrogen) atoms. The second-order valence-corrected chi connectivity index (χ2v) is 6.93. The minimum atomic E-state index is -0.720. The molecule has 0 radical (unpaired) electrons. The molecule has 4 rings (SSSR count). The molecule has 2 heterocycles. The van der Waals surface area contributed by atoms with E-state index in [0.717, 1.165) is 25.7 Å². The first kappa shape index (κ1) is 17.4. The fourth-order valence-electron chi connectivity index (χ4n) is 4.05. The number of aromatic nitrogens is 1. The van der Waals surface area contributed by atoms with Crippen molar-refractivity contribution in [2.45, 2.75) is 37.8 Å². The second kappa shape index (κ2) is 6.95. The van der Waals surface area contributed by atoms with E-state index in [1.165, 1.54) is 24.5 Å². The van der Waals surface area contributed by atoms with Crippen LogP contribution in [0, 0.1) is 5.82 Å². The van der Waals surface area contributed by atoms with Gasteiger partial charge in [0.1, 0.15) is 11.6 Å². The van der Waals surface area contributed by atoms with Crippen LogP contribution < -0.4 is 0 Å². The number of likely N-dealkylation sites (tertiary alicyclic amines) is 1. The normalized spacial score (nSPS) is 22.6. The Balaban J connectivity index is 1.88. The topological polar surface area (TPSA) is 70.5 Å². The van der Waals surface area contributed by atoms with Gasteiger partial charge in [-0.15, -0.1) is 0 Å². The van der Waals surface area contributed by atoms with Crippen molar-refractivity contribution in [1.29, 1.82) is 0 Å². The molecule has 2 aliphatic rings. The van der Waals surface area contributed by atoms with Crippen molar-refractivity contribution in [3.05, 3.63) is 71.3 Å². The number of Topliss-reactive ketones (excluding diaryl/α,β-unsaturated/α-hetero) is 1. The van der Waals surface area contributed by atoms with Crippen molar-refractivity contribution in [2.75, 3.05) is 0 Å². The first-order chi connectivity index (χ1) is 13.1. The third-order valence-corrected chi connectivity index (χ3v) is 5.34. The monoisotopic (exact) mass is 366 g/mol. The van der Waals surface area contributed by atoms with Crippen LogP contribution in [0.5, 0.6) is 0 Å². The summed E-state index contributed by atoms with van der Waals surface area (Å²) in [4.78, 5) is 31.2. The molecule has 1 N–H and O–H groups in total. The van der Waals surface area contributed by atoms with Gasteiger partial charge in [-0.1, -0.05) is 25.0 Å². The standard InChI is InChI=1S/C21H19FN2O3/c22-15-7-5-13(6-8-15)18-17(19(25)14-9-11-23-12-10-14)20(26)21(27)24(18)16-3-1-2-4-16/h5-12,16,18,25H,1-4H2/b19-17-. The minimum Gasteiger partial charge on any atom is -0.507 e. The molecule has 1 aliphatic carbocycles. The van der Waals surface area contributed by atoms with Gasteiger partial charge in [0.15, 0.2) is 0 Å². The Labute approximate surface area is 156 Å². The lowest BCUT2D eigenvalue weighted by Crippen LogP contribution is -2.37. The van der Waals surface area contributed by atoms with E-state index in [1.54, 1.807) is 29.2 Å². The maximum absolute atomic E-state index is 13.4. The van der Waals surface area contributed by atoms with Gasteiger partial charge in [-0.2, -0.15) is 0 Å². The van der Waals surface area contributed by atoms with E-state index in [0.29, 0.717) is 11.1 Å². The number of ketones is 1. The van der Waals surface area contributed by atoms with Gasteiger partial charge in [-0.3, -0.25) is 14.6 Å². The number of rotatable bonds is 3. The first-order valence-corrected chi connectivity index (χ1v) is 9.04. The molecular weight excluding hydrogens is 347 g/mol. The number of pyridine rings is 1. The lowest BCUT2D eigenvalue weighted by Gasteiger charge is -2.30. The average molecular weight is 366 g/mol. The molecule has 1 amide bonds. The van der Waals surface area contributed by atoms with Crippen LogP contribution in [0.25, 0.3) is 5.76 Å². The molecule has 5 nitrogen and oxygen atoms in total. The van der Waals surface area contributed by atoms with Gasteiger partial charge in [0.25, 0.3) is 11.7 Å². The van der Waals surface area contributed by atoms with Crippen LogP contribution in [0.2, 0.25) is 0 Å². The summed E-state index contributed by atoms with van der Waals surface area (Å²) in [6.45, 7) is 0. The summed E-state index contributed by atoms with van der Waals surface area (Å²) in [6.07, 6.45) is 6.65. The molecule has 6 heteroatoms. The van der Waals surface area contributed by atoms with Crippen LogP contribution in [0.4, 0.5) is 4.39 Å². The van der Waals surface area contributed by atoms with Gasteiger partial charge in [0.05, 0.1) is 11.6 Å². The Morgan fingerprint density at radius 1 is 1.04 bits per heavy atom. The highest BCUT2D eigenvalue weighted by Gasteiger charge is 2.49. The number of hydrogen-bond acceptors (Lipinski definition) is 4. The van der Waals surface area contributed by atoms with Crippen molar-refractivity contribution < 1.29 is 19.1 Å². The molecule has 2 aromatic rings. The number of carbonyl (C=O) groups excluding carboxylic acids is 2. The Hall–Kier alpha value is -3.02. The number of aliphatic hydroxyl groups is 1. The summed E-state index contributed by atoms with van der Waals surface area (Å²) in [6, 6.07) is 8.12. The van der Waals surface area contributed by atoms with Gasteiger partial charge in [0.2, 0.25) is 0 Å². The molecule has 1 saturated heterocycles. The Morgan fingerprint density at radius 2 is 1.67 bits per heavy atom. The van der Waals surface area contributed by atoms with Gasteiger partial charge in [-0.05, 0) is 42.7 Å². The SMILES string of the molecule is O=C1C(=O)N(C2CCCC2)C(c2ccc(F)cc2)/C1=C(/O)c1ccncc1. The quantitative estimate of drug-likeness (QED) is 0.512. The summed E-state index contributed by atoms with van der Waals surface area (Å²) in [7, 11) is 0. The predicted octanol–water partition coefficient (Wildman–Crippen LogP) is 3.59. The number of aliphatic hydroxyl groups excluding tert-OH is 1. The number of halogens is 1. The third kappa shape index (κ3) is 3.01. The molecule has 2 fully saturated rings.